The van der Waals surface area contributed by atoms with E-state index in [0.29, 0.717) is 5.92 Å². The van der Waals surface area contributed by atoms with Gasteiger partial charge < -0.3 is 20.2 Å². The van der Waals surface area contributed by atoms with Gasteiger partial charge in [0.25, 0.3) is 0 Å². The first-order valence-corrected chi connectivity index (χ1v) is 9.54. The average Bonchev–Trinajstić information content (AvgIpc) is 2.68. The Morgan fingerprint density at radius 1 is 1.07 bits per heavy atom. The lowest BCUT2D eigenvalue weighted by Crippen LogP contribution is -2.53. The maximum atomic E-state index is 12.5. The molecule has 0 aromatic carbocycles. The van der Waals surface area contributed by atoms with Crippen LogP contribution in [0.2, 0.25) is 0 Å². The van der Waals surface area contributed by atoms with Gasteiger partial charge in [-0.2, -0.15) is 0 Å². The van der Waals surface area contributed by atoms with Crippen molar-refractivity contribution >= 4 is 30.1 Å². The lowest BCUT2D eigenvalue weighted by Gasteiger charge is -2.37. The van der Waals surface area contributed by atoms with E-state index in [4.69, 9.17) is 5.11 Å². The third kappa shape index (κ3) is 6.27. The van der Waals surface area contributed by atoms with Crippen LogP contribution in [-0.4, -0.2) is 59.2 Å². The summed E-state index contributed by atoms with van der Waals surface area (Å²) in [6.07, 6.45) is 8.51. The number of nitrogens with one attached hydrogen (secondary N) is 1. The number of nitrogens with zero attached hydrogens (tertiary/aromatic N) is 3. The molecule has 8 heteroatoms. The summed E-state index contributed by atoms with van der Waals surface area (Å²) in [6.45, 7) is 3.11. The van der Waals surface area contributed by atoms with Crippen LogP contribution in [0.4, 0.5) is 10.5 Å². The molecule has 1 saturated heterocycles. The molecule has 3 rings (SSSR count). The third-order valence-electron chi connectivity index (χ3n) is 5.54. The van der Waals surface area contributed by atoms with Gasteiger partial charge in [-0.05, 0) is 50.2 Å². The molecule has 0 bridgehead atoms. The molecule has 2 amide bonds. The second-order valence-corrected chi connectivity index (χ2v) is 7.28. The number of anilines is 1. The minimum absolute atomic E-state index is 0. The van der Waals surface area contributed by atoms with E-state index in [2.05, 4.69) is 15.2 Å². The number of aromatic nitrogens is 1. The zero-order chi connectivity index (χ0) is 18.4. The zero-order valence-corrected chi connectivity index (χ0v) is 16.4. The summed E-state index contributed by atoms with van der Waals surface area (Å²) in [7, 11) is 0. The number of carbonyl (C=O) groups excluding carboxylic acids is 1. The van der Waals surface area contributed by atoms with E-state index in [1.54, 1.807) is 12.4 Å². The number of piperazine rings is 1. The summed E-state index contributed by atoms with van der Waals surface area (Å²) in [6, 6.07) is 4.26. The van der Waals surface area contributed by atoms with Crippen molar-refractivity contribution in [3.05, 3.63) is 24.5 Å². The van der Waals surface area contributed by atoms with Gasteiger partial charge in [0.15, 0.2) is 0 Å². The van der Waals surface area contributed by atoms with E-state index in [0.717, 1.165) is 64.0 Å². The number of hydrogen-bond acceptors (Lipinski definition) is 4. The van der Waals surface area contributed by atoms with Crippen LogP contribution in [0, 0.1) is 5.92 Å². The number of aliphatic carboxylic acids is 1. The number of rotatable bonds is 5. The molecule has 0 spiro atoms. The molecule has 1 aromatic heterocycles. The van der Waals surface area contributed by atoms with Crippen LogP contribution in [0.5, 0.6) is 0 Å². The fraction of sp³-hybridized carbons (Fsp3) is 0.632. The molecule has 1 aromatic rings. The minimum atomic E-state index is -0.716. The quantitative estimate of drug-likeness (QED) is 0.799. The molecule has 2 heterocycles. The summed E-state index contributed by atoms with van der Waals surface area (Å²) in [5.41, 5.74) is 1.15. The van der Waals surface area contributed by atoms with Gasteiger partial charge in [-0.15, -0.1) is 12.4 Å². The number of carboxylic acid groups (broad SMARTS) is 1. The highest BCUT2D eigenvalue weighted by Gasteiger charge is 2.26. The molecular weight excluding hydrogens is 368 g/mol. The highest BCUT2D eigenvalue weighted by molar-refractivity contribution is 5.85. The Morgan fingerprint density at radius 3 is 2.30 bits per heavy atom. The SMILES string of the molecule is Cl.O=C(O)CC[C@H]1CC[C@H](NC(=O)N2CCN(c3ccncc3)CC2)CC1. The fourth-order valence-electron chi connectivity index (χ4n) is 3.91. The van der Waals surface area contributed by atoms with Crippen molar-refractivity contribution < 1.29 is 14.7 Å². The van der Waals surface area contributed by atoms with Crippen LogP contribution in [0.1, 0.15) is 38.5 Å². The van der Waals surface area contributed by atoms with Gasteiger partial charge in [-0.25, -0.2) is 4.79 Å². The van der Waals surface area contributed by atoms with E-state index >= 15 is 0 Å². The highest BCUT2D eigenvalue weighted by atomic mass is 35.5. The summed E-state index contributed by atoms with van der Waals surface area (Å²) in [5.74, 6) is -0.227. The second kappa shape index (κ2) is 10.3. The predicted octanol–water partition coefficient (Wildman–Crippen LogP) is 2.76. The van der Waals surface area contributed by atoms with Gasteiger partial charge >= 0.3 is 12.0 Å². The Hall–Kier alpha value is -2.02. The molecular formula is C19H29ClN4O3. The molecule has 0 radical (unpaired) electrons. The summed E-state index contributed by atoms with van der Waals surface area (Å²) in [5, 5.41) is 12.0. The van der Waals surface area contributed by atoms with Crippen LogP contribution < -0.4 is 10.2 Å². The summed E-state index contributed by atoms with van der Waals surface area (Å²) >= 11 is 0. The largest absolute Gasteiger partial charge is 0.481 e. The van der Waals surface area contributed by atoms with Gasteiger partial charge in [0.1, 0.15) is 0 Å². The van der Waals surface area contributed by atoms with E-state index < -0.39 is 5.97 Å². The van der Waals surface area contributed by atoms with Crippen molar-refractivity contribution in [1.82, 2.24) is 15.2 Å². The molecule has 1 aliphatic carbocycles. The van der Waals surface area contributed by atoms with Crippen molar-refractivity contribution in [1.29, 1.82) is 0 Å². The second-order valence-electron chi connectivity index (χ2n) is 7.28. The number of carbonyl (C=O) groups is 2. The van der Waals surface area contributed by atoms with Crippen LogP contribution in [-0.2, 0) is 4.79 Å². The topological polar surface area (TPSA) is 85.8 Å². The van der Waals surface area contributed by atoms with Crippen molar-refractivity contribution in [2.75, 3.05) is 31.1 Å². The number of pyridine rings is 1. The Kier molecular flexibility index (Phi) is 8.16. The molecule has 2 aliphatic rings. The molecule has 2 N–H and O–H groups in total. The smallest absolute Gasteiger partial charge is 0.317 e. The third-order valence-corrected chi connectivity index (χ3v) is 5.54. The van der Waals surface area contributed by atoms with Crippen molar-refractivity contribution in [3.63, 3.8) is 0 Å². The number of amides is 2. The van der Waals surface area contributed by atoms with Gasteiger partial charge in [0.2, 0.25) is 0 Å². The van der Waals surface area contributed by atoms with E-state index in [1.165, 1.54) is 0 Å². The number of urea groups is 1. The predicted molar refractivity (Wildman–Crippen MR) is 106 cm³/mol. The van der Waals surface area contributed by atoms with Gasteiger partial charge in [0, 0.05) is 56.7 Å². The molecule has 0 unspecified atom stereocenters. The molecule has 7 nitrogen and oxygen atoms in total. The number of halogens is 1. The molecule has 27 heavy (non-hydrogen) atoms. The molecule has 150 valence electrons. The first-order chi connectivity index (χ1) is 12.6. The maximum absolute atomic E-state index is 12.5. The van der Waals surface area contributed by atoms with E-state index in [-0.39, 0.29) is 30.9 Å². The van der Waals surface area contributed by atoms with E-state index in [1.807, 2.05) is 17.0 Å². The van der Waals surface area contributed by atoms with Crippen molar-refractivity contribution in [2.24, 2.45) is 5.92 Å². The van der Waals surface area contributed by atoms with Gasteiger partial charge in [-0.1, -0.05) is 0 Å². The zero-order valence-electron chi connectivity index (χ0n) is 15.5. The normalized spacial score (nSPS) is 22.7. The highest BCUT2D eigenvalue weighted by Crippen LogP contribution is 2.28. The molecule has 1 aliphatic heterocycles. The Labute approximate surface area is 166 Å². The lowest BCUT2D eigenvalue weighted by molar-refractivity contribution is -0.137. The Balaban J connectivity index is 0.00000261. The Morgan fingerprint density at radius 2 is 1.70 bits per heavy atom. The van der Waals surface area contributed by atoms with Crippen LogP contribution in [0.15, 0.2) is 24.5 Å². The molecule has 0 atom stereocenters. The average molecular weight is 397 g/mol. The fourth-order valence-corrected chi connectivity index (χ4v) is 3.91. The van der Waals surface area contributed by atoms with Crippen molar-refractivity contribution in [2.45, 2.75) is 44.6 Å². The number of carboxylic acids is 1. The standard InChI is InChI=1S/C19H28N4O3.ClH/c24-18(25)6-3-15-1-4-16(5-2-15)21-19(26)23-13-11-22(12-14-23)17-7-9-20-10-8-17;/h7-10,15-16H,1-6,11-14H2,(H,21,26)(H,24,25);1H/t15-,16-;. The van der Waals surface area contributed by atoms with E-state index in [9.17, 15) is 9.59 Å². The van der Waals surface area contributed by atoms with Crippen LogP contribution in [0.3, 0.4) is 0 Å². The first-order valence-electron chi connectivity index (χ1n) is 9.54. The van der Waals surface area contributed by atoms with Gasteiger partial charge in [0.05, 0.1) is 0 Å². The van der Waals surface area contributed by atoms with Crippen LogP contribution in [0.25, 0.3) is 0 Å². The summed E-state index contributed by atoms with van der Waals surface area (Å²) < 4.78 is 0. The minimum Gasteiger partial charge on any atom is -0.481 e. The molecule has 2 fully saturated rings. The monoisotopic (exact) mass is 396 g/mol. The number of hydrogen-bond donors (Lipinski definition) is 2. The Bertz CT molecular complexity index is 600. The van der Waals surface area contributed by atoms with Gasteiger partial charge in [-0.3, -0.25) is 9.78 Å². The lowest BCUT2D eigenvalue weighted by atomic mass is 9.83. The first kappa shape index (κ1) is 21.3. The molecule has 1 saturated carbocycles. The summed E-state index contributed by atoms with van der Waals surface area (Å²) in [4.78, 5) is 31.4. The van der Waals surface area contributed by atoms with Crippen LogP contribution >= 0.6 is 12.4 Å². The maximum Gasteiger partial charge on any atom is 0.317 e. The van der Waals surface area contributed by atoms with Crippen molar-refractivity contribution in [3.8, 4) is 0 Å².